The average Bonchev–Trinajstić information content (AvgIpc) is 3.19. The van der Waals surface area contributed by atoms with E-state index in [9.17, 15) is 18.3 Å². The molecule has 116 valence electrons. The van der Waals surface area contributed by atoms with Crippen molar-refractivity contribution in [3.63, 3.8) is 0 Å². The first-order valence-corrected chi connectivity index (χ1v) is 8.58. The maximum absolute atomic E-state index is 12.4. The SMILES string of the molecule is O=C(c1cc(S(=O)(=O)N2CCCC2)c[nH]1)N1CCC(O)C1. The number of hydrogen-bond donors (Lipinski definition) is 2. The van der Waals surface area contributed by atoms with Crippen molar-refractivity contribution in [3.8, 4) is 0 Å². The van der Waals surface area contributed by atoms with Crippen molar-refractivity contribution in [3.05, 3.63) is 18.0 Å². The normalized spacial score (nSPS) is 23.9. The van der Waals surface area contributed by atoms with E-state index in [1.807, 2.05) is 0 Å². The van der Waals surface area contributed by atoms with E-state index < -0.39 is 16.1 Å². The molecule has 7 nitrogen and oxygen atoms in total. The van der Waals surface area contributed by atoms with Crippen LogP contribution in [0.3, 0.4) is 0 Å². The first-order chi connectivity index (χ1) is 9.98. The van der Waals surface area contributed by atoms with Crippen LogP contribution >= 0.6 is 0 Å². The molecule has 0 saturated carbocycles. The summed E-state index contributed by atoms with van der Waals surface area (Å²) < 4.78 is 26.2. The molecule has 1 amide bonds. The maximum atomic E-state index is 12.4. The maximum Gasteiger partial charge on any atom is 0.270 e. The summed E-state index contributed by atoms with van der Waals surface area (Å²) in [5, 5.41) is 9.47. The number of aromatic nitrogens is 1. The summed E-state index contributed by atoms with van der Waals surface area (Å²) in [5.74, 6) is -0.269. The second kappa shape index (κ2) is 5.43. The smallest absolute Gasteiger partial charge is 0.270 e. The van der Waals surface area contributed by atoms with E-state index in [1.54, 1.807) is 0 Å². The Bertz CT molecular complexity index is 634. The Morgan fingerprint density at radius 1 is 1.29 bits per heavy atom. The third kappa shape index (κ3) is 2.70. The van der Waals surface area contributed by atoms with Crippen molar-refractivity contribution in [1.82, 2.24) is 14.2 Å². The first-order valence-electron chi connectivity index (χ1n) is 7.14. The lowest BCUT2D eigenvalue weighted by molar-refractivity contribution is 0.0760. The minimum Gasteiger partial charge on any atom is -0.391 e. The fraction of sp³-hybridized carbons (Fsp3) is 0.615. The number of H-pyrrole nitrogens is 1. The third-order valence-electron chi connectivity index (χ3n) is 4.04. The van der Waals surface area contributed by atoms with Crippen LogP contribution in [0.4, 0.5) is 0 Å². The van der Waals surface area contributed by atoms with Crippen molar-refractivity contribution in [2.45, 2.75) is 30.3 Å². The number of sulfonamides is 1. The number of β-amino-alcohol motifs (C(OH)–C–C–N with tert-alkyl or cyclic N) is 1. The fourth-order valence-corrected chi connectivity index (χ4v) is 4.33. The lowest BCUT2D eigenvalue weighted by Gasteiger charge is -2.14. The molecule has 1 aromatic heterocycles. The fourth-order valence-electron chi connectivity index (χ4n) is 2.82. The number of aliphatic hydroxyl groups excluding tert-OH is 1. The van der Waals surface area contributed by atoms with Gasteiger partial charge in [0.1, 0.15) is 10.6 Å². The quantitative estimate of drug-likeness (QED) is 0.822. The van der Waals surface area contributed by atoms with Gasteiger partial charge in [0, 0.05) is 32.4 Å². The van der Waals surface area contributed by atoms with Gasteiger partial charge in [-0.3, -0.25) is 4.79 Å². The molecule has 0 radical (unpaired) electrons. The molecule has 2 N–H and O–H groups in total. The van der Waals surface area contributed by atoms with Crippen molar-refractivity contribution < 1.29 is 18.3 Å². The van der Waals surface area contributed by atoms with Gasteiger partial charge in [0.2, 0.25) is 10.0 Å². The number of nitrogens with one attached hydrogen (secondary N) is 1. The van der Waals surface area contributed by atoms with Crippen molar-refractivity contribution in [2.75, 3.05) is 26.2 Å². The highest BCUT2D eigenvalue weighted by Crippen LogP contribution is 2.22. The number of rotatable bonds is 3. The monoisotopic (exact) mass is 313 g/mol. The molecule has 21 heavy (non-hydrogen) atoms. The lowest BCUT2D eigenvalue weighted by atomic mass is 10.3. The van der Waals surface area contributed by atoms with Gasteiger partial charge in [0.15, 0.2) is 0 Å². The predicted octanol–water partition coefficient (Wildman–Crippen LogP) is 0.00600. The number of carbonyl (C=O) groups is 1. The van der Waals surface area contributed by atoms with Crippen LogP contribution in [-0.2, 0) is 10.0 Å². The summed E-state index contributed by atoms with van der Waals surface area (Å²) in [4.78, 5) is 16.6. The molecular weight excluding hydrogens is 294 g/mol. The van der Waals surface area contributed by atoms with Gasteiger partial charge < -0.3 is 15.0 Å². The minimum absolute atomic E-state index is 0.132. The van der Waals surface area contributed by atoms with E-state index in [0.29, 0.717) is 32.6 Å². The lowest BCUT2D eigenvalue weighted by Crippen LogP contribution is -2.30. The van der Waals surface area contributed by atoms with Crippen LogP contribution in [0.5, 0.6) is 0 Å². The number of nitrogens with zero attached hydrogens (tertiary/aromatic N) is 2. The summed E-state index contributed by atoms with van der Waals surface area (Å²) in [6, 6.07) is 1.39. The standard InChI is InChI=1S/C13H19N3O4S/c17-10-3-6-15(9-10)13(18)12-7-11(8-14-12)21(19,20)16-4-1-2-5-16/h7-8,10,14,17H,1-6,9H2. The Balaban J connectivity index is 1.78. The van der Waals surface area contributed by atoms with E-state index in [4.69, 9.17) is 0 Å². The Morgan fingerprint density at radius 3 is 2.62 bits per heavy atom. The van der Waals surface area contributed by atoms with Gasteiger partial charge in [-0.15, -0.1) is 0 Å². The predicted molar refractivity (Wildman–Crippen MR) is 75.3 cm³/mol. The summed E-state index contributed by atoms with van der Waals surface area (Å²) >= 11 is 0. The first kappa shape index (κ1) is 14.6. The van der Waals surface area contributed by atoms with Gasteiger partial charge in [-0.25, -0.2) is 8.42 Å². The highest BCUT2D eigenvalue weighted by Gasteiger charge is 2.30. The van der Waals surface area contributed by atoms with Gasteiger partial charge in [-0.05, 0) is 25.3 Å². The van der Waals surface area contributed by atoms with E-state index >= 15 is 0 Å². The number of amides is 1. The zero-order chi connectivity index (χ0) is 15.0. The number of hydrogen-bond acceptors (Lipinski definition) is 4. The molecule has 3 rings (SSSR count). The molecule has 1 aromatic rings. The van der Waals surface area contributed by atoms with Gasteiger partial charge in [0.25, 0.3) is 5.91 Å². The Kier molecular flexibility index (Phi) is 3.76. The molecule has 3 heterocycles. The molecule has 0 bridgehead atoms. The summed E-state index contributed by atoms with van der Waals surface area (Å²) in [7, 11) is -3.50. The van der Waals surface area contributed by atoms with Crippen LogP contribution in [-0.4, -0.2) is 65.9 Å². The van der Waals surface area contributed by atoms with Gasteiger partial charge >= 0.3 is 0 Å². The summed E-state index contributed by atoms with van der Waals surface area (Å²) in [6.45, 7) is 1.86. The zero-order valence-electron chi connectivity index (χ0n) is 11.7. The second-order valence-corrected chi connectivity index (χ2v) is 7.49. The summed E-state index contributed by atoms with van der Waals surface area (Å²) in [5.41, 5.74) is 0.252. The van der Waals surface area contributed by atoms with Gasteiger partial charge in [-0.1, -0.05) is 0 Å². The number of likely N-dealkylation sites (tertiary alicyclic amines) is 1. The Morgan fingerprint density at radius 2 is 2.00 bits per heavy atom. The van der Waals surface area contributed by atoms with Crippen LogP contribution < -0.4 is 0 Å². The van der Waals surface area contributed by atoms with Crippen LogP contribution in [0, 0.1) is 0 Å². The molecule has 1 atom stereocenters. The highest BCUT2D eigenvalue weighted by atomic mass is 32.2. The zero-order valence-corrected chi connectivity index (χ0v) is 12.5. The van der Waals surface area contributed by atoms with Crippen molar-refractivity contribution in [1.29, 1.82) is 0 Å². The molecule has 1 unspecified atom stereocenters. The Labute approximate surface area is 123 Å². The second-order valence-electron chi connectivity index (χ2n) is 5.55. The molecule has 2 aliphatic heterocycles. The molecule has 0 aromatic carbocycles. The number of carbonyl (C=O) groups excluding carboxylic acids is 1. The van der Waals surface area contributed by atoms with E-state index in [2.05, 4.69) is 4.98 Å². The summed E-state index contributed by atoms with van der Waals surface area (Å²) in [6.07, 6.45) is 3.19. The number of aromatic amines is 1. The van der Waals surface area contributed by atoms with Crippen LogP contribution in [0.1, 0.15) is 29.8 Å². The molecular formula is C13H19N3O4S. The molecule has 2 fully saturated rings. The third-order valence-corrected chi connectivity index (χ3v) is 5.92. The number of aliphatic hydroxyl groups is 1. The van der Waals surface area contributed by atoms with Crippen molar-refractivity contribution in [2.24, 2.45) is 0 Å². The minimum atomic E-state index is -3.50. The molecule has 8 heteroatoms. The average molecular weight is 313 g/mol. The molecule has 0 aliphatic carbocycles. The Hall–Kier alpha value is -1.38. The molecule has 0 spiro atoms. The van der Waals surface area contributed by atoms with E-state index in [-0.39, 0.29) is 16.5 Å². The molecule has 2 aliphatic rings. The van der Waals surface area contributed by atoms with E-state index in [0.717, 1.165) is 12.8 Å². The van der Waals surface area contributed by atoms with Crippen LogP contribution in [0.2, 0.25) is 0 Å². The topological polar surface area (TPSA) is 93.7 Å². The molecule has 2 saturated heterocycles. The van der Waals surface area contributed by atoms with E-state index in [1.165, 1.54) is 21.5 Å². The highest BCUT2D eigenvalue weighted by molar-refractivity contribution is 7.89. The largest absolute Gasteiger partial charge is 0.391 e. The van der Waals surface area contributed by atoms with Gasteiger partial charge in [0.05, 0.1) is 6.10 Å². The van der Waals surface area contributed by atoms with Gasteiger partial charge in [-0.2, -0.15) is 4.31 Å². The van der Waals surface area contributed by atoms with Crippen LogP contribution in [0.15, 0.2) is 17.2 Å². The van der Waals surface area contributed by atoms with Crippen LogP contribution in [0.25, 0.3) is 0 Å². The van der Waals surface area contributed by atoms with Crippen molar-refractivity contribution >= 4 is 15.9 Å².